The molecule has 1 fully saturated rings. The zero-order valence-corrected chi connectivity index (χ0v) is 15.1. The van der Waals surface area contributed by atoms with Crippen LogP contribution in [0.3, 0.4) is 0 Å². The lowest BCUT2D eigenvalue weighted by molar-refractivity contribution is 0.392. The molecule has 0 radical (unpaired) electrons. The first-order valence-corrected chi connectivity index (χ1v) is 9.37. The molecule has 0 N–H and O–H groups in total. The van der Waals surface area contributed by atoms with Gasteiger partial charge in [-0.2, -0.15) is 4.98 Å². The van der Waals surface area contributed by atoms with Gasteiger partial charge in [0.2, 0.25) is 11.7 Å². The minimum absolute atomic E-state index is 0.521. The highest BCUT2D eigenvalue weighted by Crippen LogP contribution is 2.23. The molecule has 1 saturated heterocycles. The molecule has 0 aliphatic carbocycles. The predicted molar refractivity (Wildman–Crippen MR) is 98.5 cm³/mol. The summed E-state index contributed by atoms with van der Waals surface area (Å²) in [5, 5.41) is 4.08. The maximum Gasteiger partial charge on any atom is 0.237 e. The molecule has 0 atom stereocenters. The Bertz CT molecular complexity index is 661. The Kier molecular flexibility index (Phi) is 5.33. The van der Waals surface area contributed by atoms with Gasteiger partial charge in [0.15, 0.2) is 0 Å². The van der Waals surface area contributed by atoms with Crippen LogP contribution in [-0.4, -0.2) is 32.5 Å². The average Bonchev–Trinajstić information content (AvgIpc) is 3.24. The summed E-state index contributed by atoms with van der Waals surface area (Å²) in [6.45, 7) is 6.51. The lowest BCUT2D eigenvalue weighted by Crippen LogP contribution is -2.23. The molecule has 0 unspecified atom stereocenters. The summed E-state index contributed by atoms with van der Waals surface area (Å²) in [4.78, 5) is 6.73. The summed E-state index contributed by atoms with van der Waals surface area (Å²) >= 11 is 7.05. The fourth-order valence-corrected chi connectivity index (χ4v) is 3.65. The minimum atomic E-state index is 0.521. The van der Waals surface area contributed by atoms with Gasteiger partial charge >= 0.3 is 0 Å². The molecule has 1 aromatic heterocycles. The largest absolute Gasteiger partial charge is 0.358 e. The van der Waals surface area contributed by atoms with Crippen molar-refractivity contribution >= 4 is 28.3 Å². The first kappa shape index (κ1) is 16.5. The third kappa shape index (κ3) is 4.12. The molecule has 4 nitrogen and oxygen atoms in total. The molecule has 2 heterocycles. The Morgan fingerprint density at radius 1 is 1.26 bits per heavy atom. The number of aromatic nitrogens is 2. The van der Waals surface area contributed by atoms with Gasteiger partial charge in [0.1, 0.15) is 4.32 Å². The molecule has 0 amide bonds. The van der Waals surface area contributed by atoms with E-state index in [0.29, 0.717) is 23.4 Å². The number of nitrogens with zero attached hydrogens (tertiary/aromatic N) is 3. The van der Waals surface area contributed by atoms with E-state index in [0.717, 1.165) is 23.0 Å². The first-order chi connectivity index (χ1) is 11.1. The van der Waals surface area contributed by atoms with Gasteiger partial charge in [-0.05, 0) is 24.3 Å². The number of thioether (sulfide) groups is 1. The number of likely N-dealkylation sites (tertiary alicyclic amines) is 1. The summed E-state index contributed by atoms with van der Waals surface area (Å²) in [6.07, 6.45) is 2.47. The normalized spacial score (nSPS) is 14.7. The van der Waals surface area contributed by atoms with Crippen LogP contribution >= 0.6 is 24.0 Å². The number of hydrogen-bond donors (Lipinski definition) is 0. The standard InChI is InChI=1S/C17H21N3OS2/c1-12(2)13-5-7-14(8-6-13)16-18-15(21-19-16)11-23-17(22)20-9-3-4-10-20/h5-8,12H,3-4,9-11H2,1-2H3. The maximum atomic E-state index is 5.45. The van der Waals surface area contributed by atoms with Crippen molar-refractivity contribution in [1.82, 2.24) is 15.0 Å². The molecule has 23 heavy (non-hydrogen) atoms. The van der Waals surface area contributed by atoms with Crippen molar-refractivity contribution in [1.29, 1.82) is 0 Å². The second kappa shape index (κ2) is 7.45. The fraction of sp³-hybridized carbons (Fsp3) is 0.471. The number of hydrogen-bond acceptors (Lipinski definition) is 5. The van der Waals surface area contributed by atoms with Gasteiger partial charge in [0, 0.05) is 18.7 Å². The molecule has 1 aromatic carbocycles. The SMILES string of the molecule is CC(C)c1ccc(-c2noc(CSC(=S)N3CCCC3)n2)cc1. The van der Waals surface area contributed by atoms with Crippen LogP contribution in [0.25, 0.3) is 11.4 Å². The van der Waals surface area contributed by atoms with Crippen molar-refractivity contribution in [2.45, 2.75) is 38.4 Å². The number of thiocarbonyl (C=S) groups is 1. The van der Waals surface area contributed by atoms with Gasteiger partial charge in [-0.25, -0.2) is 0 Å². The first-order valence-electron chi connectivity index (χ1n) is 7.98. The van der Waals surface area contributed by atoms with Gasteiger partial charge in [-0.3, -0.25) is 0 Å². The summed E-state index contributed by atoms with van der Waals surface area (Å²) in [5.74, 6) is 2.42. The van der Waals surface area contributed by atoms with Gasteiger partial charge in [0.25, 0.3) is 0 Å². The number of rotatable bonds is 4. The van der Waals surface area contributed by atoms with E-state index in [1.165, 1.54) is 18.4 Å². The monoisotopic (exact) mass is 347 g/mol. The number of benzene rings is 1. The molecule has 0 spiro atoms. The second-order valence-electron chi connectivity index (χ2n) is 6.04. The van der Waals surface area contributed by atoms with Crippen LogP contribution in [0, 0.1) is 0 Å². The summed E-state index contributed by atoms with van der Waals surface area (Å²) in [7, 11) is 0. The highest BCUT2D eigenvalue weighted by molar-refractivity contribution is 8.22. The molecule has 0 saturated carbocycles. The summed E-state index contributed by atoms with van der Waals surface area (Å²) in [5.41, 5.74) is 2.29. The molecule has 122 valence electrons. The van der Waals surface area contributed by atoms with E-state index in [9.17, 15) is 0 Å². The van der Waals surface area contributed by atoms with Crippen molar-refractivity contribution < 1.29 is 4.52 Å². The third-order valence-corrected chi connectivity index (χ3v) is 5.50. The third-order valence-electron chi connectivity index (χ3n) is 3.99. The van der Waals surface area contributed by atoms with Crippen molar-refractivity contribution in [3.63, 3.8) is 0 Å². The van der Waals surface area contributed by atoms with Crippen molar-refractivity contribution in [2.24, 2.45) is 0 Å². The lowest BCUT2D eigenvalue weighted by atomic mass is 10.0. The summed E-state index contributed by atoms with van der Waals surface area (Å²) < 4.78 is 6.28. The molecule has 2 aromatic rings. The van der Waals surface area contributed by atoms with E-state index < -0.39 is 0 Å². The van der Waals surface area contributed by atoms with E-state index >= 15 is 0 Å². The Morgan fingerprint density at radius 2 is 1.96 bits per heavy atom. The van der Waals surface area contributed by atoms with Crippen LogP contribution in [0.4, 0.5) is 0 Å². The van der Waals surface area contributed by atoms with Gasteiger partial charge < -0.3 is 9.42 Å². The molecule has 1 aliphatic rings. The Hall–Kier alpha value is -1.40. The molecular formula is C17H21N3OS2. The Labute approximate surface area is 146 Å². The van der Waals surface area contributed by atoms with E-state index in [-0.39, 0.29) is 0 Å². The van der Waals surface area contributed by atoms with E-state index in [1.807, 2.05) is 12.1 Å². The molecule has 1 aliphatic heterocycles. The van der Waals surface area contributed by atoms with Crippen LogP contribution in [0.2, 0.25) is 0 Å². The maximum absolute atomic E-state index is 5.45. The topological polar surface area (TPSA) is 42.2 Å². The van der Waals surface area contributed by atoms with Gasteiger partial charge in [-0.15, -0.1) is 0 Å². The molecular weight excluding hydrogens is 326 g/mol. The van der Waals surface area contributed by atoms with Crippen LogP contribution < -0.4 is 0 Å². The van der Waals surface area contributed by atoms with Crippen molar-refractivity contribution in [2.75, 3.05) is 13.1 Å². The van der Waals surface area contributed by atoms with Gasteiger partial charge in [-0.1, -0.05) is 67.2 Å². The van der Waals surface area contributed by atoms with E-state index in [4.69, 9.17) is 16.7 Å². The Morgan fingerprint density at radius 3 is 2.61 bits per heavy atom. The van der Waals surface area contributed by atoms with Crippen molar-refractivity contribution in [3.8, 4) is 11.4 Å². The quantitative estimate of drug-likeness (QED) is 0.760. The van der Waals surface area contributed by atoms with Crippen LogP contribution in [0.5, 0.6) is 0 Å². The second-order valence-corrected chi connectivity index (χ2v) is 7.65. The minimum Gasteiger partial charge on any atom is -0.358 e. The average molecular weight is 348 g/mol. The van der Waals surface area contributed by atoms with Crippen LogP contribution in [0.15, 0.2) is 28.8 Å². The molecule has 3 rings (SSSR count). The highest BCUT2D eigenvalue weighted by atomic mass is 32.2. The van der Waals surface area contributed by atoms with E-state index in [1.54, 1.807) is 11.8 Å². The molecule has 0 bridgehead atoms. The van der Waals surface area contributed by atoms with Crippen LogP contribution in [-0.2, 0) is 5.75 Å². The summed E-state index contributed by atoms with van der Waals surface area (Å²) in [6, 6.07) is 8.33. The predicted octanol–water partition coefficient (Wildman–Crippen LogP) is 4.47. The molecule has 6 heteroatoms. The van der Waals surface area contributed by atoms with Gasteiger partial charge in [0.05, 0.1) is 5.75 Å². The fourth-order valence-electron chi connectivity index (χ4n) is 2.56. The van der Waals surface area contributed by atoms with Crippen molar-refractivity contribution in [3.05, 3.63) is 35.7 Å². The highest BCUT2D eigenvalue weighted by Gasteiger charge is 2.16. The zero-order chi connectivity index (χ0) is 16.2. The van der Waals surface area contributed by atoms with Crippen LogP contribution in [0.1, 0.15) is 44.1 Å². The van der Waals surface area contributed by atoms with E-state index in [2.05, 4.69) is 41.0 Å². The zero-order valence-electron chi connectivity index (χ0n) is 13.5. The smallest absolute Gasteiger partial charge is 0.237 e. The Balaban J connectivity index is 1.60. The lowest BCUT2D eigenvalue weighted by Gasteiger charge is -2.16.